The Hall–Kier alpha value is -0.840. The molecule has 4 nitrogen and oxygen atoms in total. The number of hydrogen-bond donors (Lipinski definition) is 2. The Labute approximate surface area is 108 Å². The lowest BCUT2D eigenvalue weighted by Crippen LogP contribution is -3.21. The van der Waals surface area contributed by atoms with Crippen LogP contribution in [0.2, 0.25) is 0 Å². The van der Waals surface area contributed by atoms with E-state index in [9.17, 15) is 0 Å². The van der Waals surface area contributed by atoms with Gasteiger partial charge in [-0.2, -0.15) is 0 Å². The van der Waals surface area contributed by atoms with Crippen molar-refractivity contribution in [1.82, 2.24) is 0 Å². The first-order valence-electron chi connectivity index (χ1n) is 7.20. The molecule has 0 spiro atoms. The largest absolute Gasteiger partial charge is 0.463 e. The summed E-state index contributed by atoms with van der Waals surface area (Å²) in [6, 6.07) is 4.94. The average molecular weight is 252 g/mol. The summed E-state index contributed by atoms with van der Waals surface area (Å²) in [4.78, 5) is 3.45. The molecule has 2 N–H and O–H groups in total. The van der Waals surface area contributed by atoms with Crippen molar-refractivity contribution in [2.75, 3.05) is 39.4 Å². The number of hydrogen-bond acceptors (Lipinski definition) is 2. The van der Waals surface area contributed by atoms with Gasteiger partial charge in [0.1, 0.15) is 19.6 Å². The zero-order chi connectivity index (χ0) is 12.2. The van der Waals surface area contributed by atoms with Crippen molar-refractivity contribution < 1.29 is 19.0 Å². The molecule has 0 aromatic carbocycles. The molecule has 3 heterocycles. The minimum atomic E-state index is 0.870. The van der Waals surface area contributed by atoms with Crippen LogP contribution < -0.4 is 9.80 Å². The first-order valence-corrected chi connectivity index (χ1v) is 7.20. The molecule has 0 amide bonds. The third-order valence-corrected chi connectivity index (χ3v) is 4.41. The van der Waals surface area contributed by atoms with E-state index >= 15 is 0 Å². The third kappa shape index (κ3) is 2.94. The molecule has 0 unspecified atom stereocenters. The van der Waals surface area contributed by atoms with Gasteiger partial charge in [-0.1, -0.05) is 0 Å². The monoisotopic (exact) mass is 252 g/mol. The molecule has 0 atom stereocenters. The molecular formula is C14H24N2O2+2. The molecule has 0 bridgehead atoms. The van der Waals surface area contributed by atoms with Crippen molar-refractivity contribution in [3.8, 4) is 0 Å². The molecule has 1 aromatic rings. The van der Waals surface area contributed by atoms with Crippen molar-refractivity contribution in [2.45, 2.75) is 25.4 Å². The highest BCUT2D eigenvalue weighted by atomic mass is 16.5. The SMILES string of the molecule is c1coc(C[NH+]2CCC([NH+]3CCOCC3)CC2)c1. The minimum absolute atomic E-state index is 0.870. The summed E-state index contributed by atoms with van der Waals surface area (Å²) in [5.74, 6) is 1.13. The Morgan fingerprint density at radius 3 is 2.56 bits per heavy atom. The standard InChI is InChI=1S/C14H22N2O2/c1-2-14(18-9-1)12-15-5-3-13(4-6-15)16-7-10-17-11-8-16/h1-2,9,13H,3-8,10-12H2/p+2. The number of ether oxygens (including phenoxy) is 1. The number of furan rings is 1. The fraction of sp³-hybridized carbons (Fsp3) is 0.714. The number of quaternary nitrogens is 2. The van der Waals surface area contributed by atoms with E-state index in [1.165, 1.54) is 39.0 Å². The van der Waals surface area contributed by atoms with Crippen molar-refractivity contribution in [3.63, 3.8) is 0 Å². The van der Waals surface area contributed by atoms with E-state index in [1.54, 1.807) is 16.1 Å². The summed E-state index contributed by atoms with van der Waals surface area (Å²) < 4.78 is 10.9. The number of piperidine rings is 1. The van der Waals surface area contributed by atoms with E-state index in [2.05, 4.69) is 6.07 Å². The molecule has 0 radical (unpaired) electrons. The van der Waals surface area contributed by atoms with Gasteiger partial charge < -0.3 is 19.0 Å². The summed E-state index contributed by atoms with van der Waals surface area (Å²) >= 11 is 0. The summed E-state index contributed by atoms with van der Waals surface area (Å²) in [6.07, 6.45) is 4.48. The van der Waals surface area contributed by atoms with Gasteiger partial charge in [-0.05, 0) is 12.1 Å². The second kappa shape index (κ2) is 5.87. The van der Waals surface area contributed by atoms with Crippen LogP contribution in [0.15, 0.2) is 22.8 Å². The normalized spacial score (nSPS) is 30.4. The van der Waals surface area contributed by atoms with Gasteiger partial charge in [0.05, 0.1) is 38.6 Å². The zero-order valence-electron chi connectivity index (χ0n) is 11.0. The van der Waals surface area contributed by atoms with Crippen LogP contribution in [0.4, 0.5) is 0 Å². The molecule has 2 saturated heterocycles. The van der Waals surface area contributed by atoms with E-state index in [0.29, 0.717) is 0 Å². The molecule has 0 saturated carbocycles. The summed E-state index contributed by atoms with van der Waals surface area (Å²) in [5, 5.41) is 0. The van der Waals surface area contributed by atoms with Crippen LogP contribution in [0.25, 0.3) is 0 Å². The predicted molar refractivity (Wildman–Crippen MR) is 67.6 cm³/mol. The Bertz CT molecular complexity index is 339. The molecule has 1 aromatic heterocycles. The van der Waals surface area contributed by atoms with Crippen LogP contribution in [-0.4, -0.2) is 45.4 Å². The molecule has 2 aliphatic heterocycles. The summed E-state index contributed by atoms with van der Waals surface area (Å²) in [5.41, 5.74) is 0. The quantitative estimate of drug-likeness (QED) is 0.704. The van der Waals surface area contributed by atoms with Gasteiger partial charge in [0.2, 0.25) is 0 Å². The zero-order valence-corrected chi connectivity index (χ0v) is 11.0. The molecule has 3 rings (SSSR count). The third-order valence-electron chi connectivity index (χ3n) is 4.41. The molecule has 0 aliphatic carbocycles. The van der Waals surface area contributed by atoms with Gasteiger partial charge in [0, 0.05) is 12.8 Å². The summed E-state index contributed by atoms with van der Waals surface area (Å²) in [6.45, 7) is 7.95. The first-order chi connectivity index (χ1) is 8.92. The van der Waals surface area contributed by atoms with Gasteiger partial charge >= 0.3 is 0 Å². The van der Waals surface area contributed by atoms with E-state index in [0.717, 1.165) is 31.6 Å². The molecular weight excluding hydrogens is 228 g/mol. The molecule has 2 aliphatic rings. The van der Waals surface area contributed by atoms with Gasteiger partial charge in [0.15, 0.2) is 5.76 Å². The van der Waals surface area contributed by atoms with Crippen LogP contribution >= 0.6 is 0 Å². The van der Waals surface area contributed by atoms with Gasteiger partial charge in [-0.3, -0.25) is 0 Å². The second-order valence-corrected chi connectivity index (χ2v) is 5.55. The van der Waals surface area contributed by atoms with E-state index in [1.807, 2.05) is 6.07 Å². The average Bonchev–Trinajstić information content (AvgIpc) is 2.94. The van der Waals surface area contributed by atoms with Gasteiger partial charge in [-0.25, -0.2) is 0 Å². The Balaban J connectivity index is 1.45. The molecule has 18 heavy (non-hydrogen) atoms. The second-order valence-electron chi connectivity index (χ2n) is 5.55. The lowest BCUT2D eigenvalue weighted by molar-refractivity contribution is -0.967. The Morgan fingerprint density at radius 2 is 1.89 bits per heavy atom. The van der Waals surface area contributed by atoms with E-state index in [4.69, 9.17) is 9.15 Å². The maximum absolute atomic E-state index is 5.44. The van der Waals surface area contributed by atoms with Crippen molar-refractivity contribution >= 4 is 0 Å². The topological polar surface area (TPSA) is 31.3 Å². The lowest BCUT2D eigenvalue weighted by Gasteiger charge is -2.35. The highest BCUT2D eigenvalue weighted by molar-refractivity contribution is 4.95. The van der Waals surface area contributed by atoms with Crippen LogP contribution in [-0.2, 0) is 11.3 Å². The van der Waals surface area contributed by atoms with Gasteiger partial charge in [-0.15, -0.1) is 0 Å². The Morgan fingerprint density at radius 1 is 1.11 bits per heavy atom. The van der Waals surface area contributed by atoms with Crippen LogP contribution in [0.3, 0.4) is 0 Å². The maximum Gasteiger partial charge on any atom is 0.157 e. The highest BCUT2D eigenvalue weighted by Crippen LogP contribution is 2.00. The molecule has 4 heteroatoms. The smallest absolute Gasteiger partial charge is 0.157 e. The fourth-order valence-electron chi connectivity index (χ4n) is 3.31. The van der Waals surface area contributed by atoms with Crippen LogP contribution in [0.1, 0.15) is 18.6 Å². The molecule has 2 fully saturated rings. The van der Waals surface area contributed by atoms with Crippen molar-refractivity contribution in [1.29, 1.82) is 0 Å². The number of nitrogens with one attached hydrogen (secondary N) is 2. The lowest BCUT2D eigenvalue weighted by atomic mass is 10.0. The van der Waals surface area contributed by atoms with Gasteiger partial charge in [0.25, 0.3) is 0 Å². The van der Waals surface area contributed by atoms with Crippen LogP contribution in [0.5, 0.6) is 0 Å². The first kappa shape index (κ1) is 12.2. The van der Waals surface area contributed by atoms with E-state index < -0.39 is 0 Å². The molecule has 100 valence electrons. The van der Waals surface area contributed by atoms with Crippen molar-refractivity contribution in [2.24, 2.45) is 0 Å². The van der Waals surface area contributed by atoms with E-state index in [-0.39, 0.29) is 0 Å². The maximum atomic E-state index is 5.44. The number of likely N-dealkylation sites (tertiary alicyclic amines) is 1. The van der Waals surface area contributed by atoms with Crippen LogP contribution in [0, 0.1) is 0 Å². The minimum Gasteiger partial charge on any atom is -0.463 e. The highest BCUT2D eigenvalue weighted by Gasteiger charge is 2.31. The van der Waals surface area contributed by atoms with Crippen molar-refractivity contribution in [3.05, 3.63) is 24.2 Å². The summed E-state index contributed by atoms with van der Waals surface area (Å²) in [7, 11) is 0. The Kier molecular flexibility index (Phi) is 3.98. The fourth-order valence-corrected chi connectivity index (χ4v) is 3.31. The number of rotatable bonds is 3. The number of morpholine rings is 1. The predicted octanol–water partition coefficient (Wildman–Crippen LogP) is -1.26.